The summed E-state index contributed by atoms with van der Waals surface area (Å²) >= 11 is 0. The van der Waals surface area contributed by atoms with Crippen molar-refractivity contribution in [3.63, 3.8) is 0 Å². The van der Waals surface area contributed by atoms with Crippen LogP contribution in [0, 0.1) is 0 Å². The maximum absolute atomic E-state index is 5.58. The third-order valence-corrected chi connectivity index (χ3v) is 1.97. The Labute approximate surface area is 68.9 Å². The lowest BCUT2D eigenvalue weighted by Gasteiger charge is -2.10. The minimum absolute atomic E-state index is 0.372. The molecule has 0 aliphatic carbocycles. The predicted octanol–water partition coefficient (Wildman–Crippen LogP) is 1.98. The molecule has 66 valence electrons. The van der Waals surface area contributed by atoms with Crippen LogP contribution in [0.3, 0.4) is 0 Å². The van der Waals surface area contributed by atoms with E-state index in [1.165, 1.54) is 12.8 Å². The molecule has 0 bridgehead atoms. The molecule has 0 aromatic heterocycles. The molecular formula is C9H18O2. The largest absolute Gasteiger partial charge is 0.379 e. The molecule has 11 heavy (non-hydrogen) atoms. The van der Waals surface area contributed by atoms with Crippen LogP contribution in [0.4, 0.5) is 0 Å². The van der Waals surface area contributed by atoms with E-state index >= 15 is 0 Å². The first-order valence-corrected chi connectivity index (χ1v) is 4.56. The van der Waals surface area contributed by atoms with Crippen molar-refractivity contribution >= 4 is 0 Å². The Morgan fingerprint density at radius 2 is 2.27 bits per heavy atom. The monoisotopic (exact) mass is 158 g/mol. The van der Waals surface area contributed by atoms with E-state index in [9.17, 15) is 0 Å². The van der Waals surface area contributed by atoms with Crippen LogP contribution < -0.4 is 0 Å². The lowest BCUT2D eigenvalue weighted by atomic mass is 10.2. The van der Waals surface area contributed by atoms with Gasteiger partial charge >= 0.3 is 0 Å². The van der Waals surface area contributed by atoms with Crippen LogP contribution in [0.1, 0.15) is 33.1 Å². The fourth-order valence-electron chi connectivity index (χ4n) is 1.37. The van der Waals surface area contributed by atoms with Crippen LogP contribution in [0.2, 0.25) is 0 Å². The molecule has 0 radical (unpaired) electrons. The highest BCUT2D eigenvalue weighted by molar-refractivity contribution is 4.69. The van der Waals surface area contributed by atoms with Crippen molar-refractivity contribution in [2.75, 3.05) is 13.2 Å². The number of hydrogen-bond donors (Lipinski definition) is 0. The molecule has 0 aromatic carbocycles. The number of rotatable bonds is 4. The molecule has 0 spiro atoms. The molecule has 0 amide bonds. The zero-order valence-corrected chi connectivity index (χ0v) is 7.51. The van der Waals surface area contributed by atoms with Gasteiger partial charge in [0.15, 0.2) is 0 Å². The van der Waals surface area contributed by atoms with Crippen molar-refractivity contribution in [1.29, 1.82) is 0 Å². The van der Waals surface area contributed by atoms with Crippen molar-refractivity contribution in [3.8, 4) is 0 Å². The van der Waals surface area contributed by atoms with Crippen molar-refractivity contribution in [3.05, 3.63) is 0 Å². The van der Waals surface area contributed by atoms with Crippen LogP contribution in [-0.2, 0) is 9.47 Å². The summed E-state index contributed by atoms with van der Waals surface area (Å²) in [4.78, 5) is 0. The molecule has 2 unspecified atom stereocenters. The molecule has 2 heteroatoms. The zero-order chi connectivity index (χ0) is 8.10. The molecule has 1 rings (SSSR count). The lowest BCUT2D eigenvalue weighted by molar-refractivity contribution is -0.00893. The van der Waals surface area contributed by atoms with Crippen LogP contribution in [0.25, 0.3) is 0 Å². The number of hydrogen-bond acceptors (Lipinski definition) is 2. The van der Waals surface area contributed by atoms with Gasteiger partial charge in [0.1, 0.15) is 0 Å². The summed E-state index contributed by atoms with van der Waals surface area (Å²) in [7, 11) is 0. The van der Waals surface area contributed by atoms with E-state index in [0.29, 0.717) is 12.2 Å². The maximum Gasteiger partial charge on any atom is 0.0813 e. The molecule has 1 aliphatic heterocycles. The molecular weight excluding hydrogens is 140 g/mol. The van der Waals surface area contributed by atoms with Crippen molar-refractivity contribution in [2.45, 2.75) is 45.3 Å². The summed E-state index contributed by atoms with van der Waals surface area (Å²) in [5.41, 5.74) is 0. The molecule has 2 nitrogen and oxygen atoms in total. The van der Waals surface area contributed by atoms with Crippen LogP contribution >= 0.6 is 0 Å². The van der Waals surface area contributed by atoms with Crippen molar-refractivity contribution in [2.24, 2.45) is 0 Å². The highest BCUT2D eigenvalue weighted by atomic mass is 16.5. The Kier molecular flexibility index (Phi) is 3.87. The standard InChI is InChI=1S/C9H18O2/c1-3-6-10-7-9-5-4-8(2)11-9/h8-9H,3-7H2,1-2H3. The Hall–Kier alpha value is -0.0800. The number of ether oxygens (including phenoxy) is 2. The maximum atomic E-state index is 5.58. The van der Waals surface area contributed by atoms with E-state index in [1.807, 2.05) is 0 Å². The zero-order valence-electron chi connectivity index (χ0n) is 7.51. The van der Waals surface area contributed by atoms with Gasteiger partial charge in [-0.25, -0.2) is 0 Å². The van der Waals surface area contributed by atoms with Gasteiger partial charge in [-0.15, -0.1) is 0 Å². The summed E-state index contributed by atoms with van der Waals surface area (Å²) in [6.45, 7) is 5.91. The highest BCUT2D eigenvalue weighted by Gasteiger charge is 2.21. The minimum Gasteiger partial charge on any atom is -0.379 e. The second-order valence-electron chi connectivity index (χ2n) is 3.22. The van der Waals surface area contributed by atoms with Crippen LogP contribution in [-0.4, -0.2) is 25.4 Å². The van der Waals surface area contributed by atoms with Gasteiger partial charge in [-0.3, -0.25) is 0 Å². The molecule has 1 heterocycles. The van der Waals surface area contributed by atoms with Crippen molar-refractivity contribution in [1.82, 2.24) is 0 Å². The molecule has 1 aliphatic rings. The van der Waals surface area contributed by atoms with Gasteiger partial charge in [-0.1, -0.05) is 6.92 Å². The van der Waals surface area contributed by atoms with Gasteiger partial charge in [0.05, 0.1) is 18.8 Å². The van der Waals surface area contributed by atoms with E-state index in [2.05, 4.69) is 13.8 Å². The van der Waals surface area contributed by atoms with E-state index in [-0.39, 0.29) is 0 Å². The van der Waals surface area contributed by atoms with Gasteiger partial charge in [-0.2, -0.15) is 0 Å². The first-order valence-electron chi connectivity index (χ1n) is 4.56. The normalized spacial score (nSPS) is 31.1. The van der Waals surface area contributed by atoms with Crippen molar-refractivity contribution < 1.29 is 9.47 Å². The Morgan fingerprint density at radius 3 is 2.82 bits per heavy atom. The van der Waals surface area contributed by atoms with Gasteiger partial charge in [-0.05, 0) is 26.2 Å². The molecule has 0 saturated carbocycles. The second-order valence-corrected chi connectivity index (χ2v) is 3.22. The predicted molar refractivity (Wildman–Crippen MR) is 44.7 cm³/mol. The Balaban J connectivity index is 1.99. The van der Waals surface area contributed by atoms with Gasteiger partial charge in [0.25, 0.3) is 0 Å². The molecule has 1 fully saturated rings. The molecule has 1 saturated heterocycles. The Morgan fingerprint density at radius 1 is 1.45 bits per heavy atom. The third kappa shape index (κ3) is 3.21. The lowest BCUT2D eigenvalue weighted by Crippen LogP contribution is -2.15. The summed E-state index contributed by atoms with van der Waals surface area (Å²) in [6, 6.07) is 0. The first-order chi connectivity index (χ1) is 5.33. The van der Waals surface area contributed by atoms with Gasteiger partial charge in [0.2, 0.25) is 0 Å². The van der Waals surface area contributed by atoms with Gasteiger partial charge in [0, 0.05) is 6.61 Å². The summed E-state index contributed by atoms with van der Waals surface area (Å²) < 4.78 is 11.0. The minimum atomic E-state index is 0.372. The summed E-state index contributed by atoms with van der Waals surface area (Å²) in [5.74, 6) is 0. The Bertz CT molecular complexity index is 104. The highest BCUT2D eigenvalue weighted by Crippen LogP contribution is 2.18. The van der Waals surface area contributed by atoms with E-state index in [4.69, 9.17) is 9.47 Å². The van der Waals surface area contributed by atoms with Gasteiger partial charge < -0.3 is 9.47 Å². The molecule has 0 aromatic rings. The topological polar surface area (TPSA) is 18.5 Å². The average molecular weight is 158 g/mol. The average Bonchev–Trinajstić information content (AvgIpc) is 2.37. The SMILES string of the molecule is CCCOCC1CCC(C)O1. The van der Waals surface area contributed by atoms with E-state index in [1.54, 1.807) is 0 Å². The van der Waals surface area contributed by atoms with E-state index in [0.717, 1.165) is 19.6 Å². The molecule has 2 atom stereocenters. The second kappa shape index (κ2) is 4.73. The quantitative estimate of drug-likeness (QED) is 0.582. The van der Waals surface area contributed by atoms with Crippen LogP contribution in [0.15, 0.2) is 0 Å². The van der Waals surface area contributed by atoms with Crippen LogP contribution in [0.5, 0.6) is 0 Å². The fraction of sp³-hybridized carbons (Fsp3) is 1.00. The smallest absolute Gasteiger partial charge is 0.0813 e. The fourth-order valence-corrected chi connectivity index (χ4v) is 1.37. The first kappa shape index (κ1) is 9.01. The molecule has 0 N–H and O–H groups in total. The third-order valence-electron chi connectivity index (χ3n) is 1.97. The summed E-state index contributed by atoms with van der Waals surface area (Å²) in [5, 5.41) is 0. The van der Waals surface area contributed by atoms with E-state index < -0.39 is 0 Å². The summed E-state index contributed by atoms with van der Waals surface area (Å²) in [6.07, 6.45) is 4.29.